The van der Waals surface area contributed by atoms with Crippen LogP contribution in [-0.4, -0.2) is 26.8 Å². The van der Waals surface area contributed by atoms with Crippen LogP contribution in [0.1, 0.15) is 41.0 Å². The number of hydrogen-bond acceptors (Lipinski definition) is 2. The molecule has 0 spiro atoms. The van der Waals surface area contributed by atoms with Gasteiger partial charge in [0.1, 0.15) is 0 Å². The lowest BCUT2D eigenvalue weighted by molar-refractivity contribution is 0.134. The third-order valence-electron chi connectivity index (χ3n) is 3.22. The molecule has 0 rings (SSSR count). The van der Waals surface area contributed by atoms with Gasteiger partial charge in [0, 0.05) is 20.3 Å². The molecule has 0 aromatic rings. The van der Waals surface area contributed by atoms with Crippen molar-refractivity contribution < 1.29 is 4.74 Å². The molecule has 0 fully saturated rings. The summed E-state index contributed by atoms with van der Waals surface area (Å²) in [6.07, 6.45) is 1.15. The molecule has 0 aliphatic heterocycles. The van der Waals surface area contributed by atoms with Gasteiger partial charge in [-0.25, -0.2) is 0 Å². The third kappa shape index (κ3) is 6.91. The fourth-order valence-corrected chi connectivity index (χ4v) is 1.54. The summed E-state index contributed by atoms with van der Waals surface area (Å²) in [4.78, 5) is 0. The Balaban J connectivity index is 3.82. The SMILES string of the molecule is COCCC(C)C(C)(C)CNCC(C)C. The number of nitrogens with one attached hydrogen (secondary N) is 1. The van der Waals surface area contributed by atoms with E-state index in [9.17, 15) is 0 Å². The molecule has 0 aliphatic carbocycles. The molecule has 0 saturated carbocycles. The van der Waals surface area contributed by atoms with Crippen LogP contribution in [0, 0.1) is 17.3 Å². The Morgan fingerprint density at radius 1 is 1.20 bits per heavy atom. The average Bonchev–Trinajstić information content (AvgIpc) is 2.13. The first-order chi connectivity index (χ1) is 6.90. The highest BCUT2D eigenvalue weighted by Crippen LogP contribution is 2.28. The smallest absolute Gasteiger partial charge is 0.0465 e. The molecule has 1 unspecified atom stereocenters. The van der Waals surface area contributed by atoms with Crippen LogP contribution in [-0.2, 0) is 4.74 Å². The summed E-state index contributed by atoms with van der Waals surface area (Å²) in [5, 5.41) is 3.54. The van der Waals surface area contributed by atoms with E-state index in [0.717, 1.165) is 32.0 Å². The van der Waals surface area contributed by atoms with Crippen molar-refractivity contribution in [1.82, 2.24) is 5.32 Å². The first-order valence-corrected chi connectivity index (χ1v) is 6.09. The van der Waals surface area contributed by atoms with Gasteiger partial charge in [-0.3, -0.25) is 0 Å². The molecule has 0 aromatic heterocycles. The number of methoxy groups -OCH3 is 1. The van der Waals surface area contributed by atoms with Gasteiger partial charge in [0.2, 0.25) is 0 Å². The molecule has 92 valence electrons. The first-order valence-electron chi connectivity index (χ1n) is 6.09. The highest BCUT2D eigenvalue weighted by molar-refractivity contribution is 4.77. The molecule has 2 nitrogen and oxygen atoms in total. The summed E-state index contributed by atoms with van der Waals surface area (Å²) in [5.74, 6) is 1.42. The van der Waals surface area contributed by atoms with Gasteiger partial charge in [-0.15, -0.1) is 0 Å². The number of rotatable bonds is 8. The predicted molar refractivity (Wildman–Crippen MR) is 67.1 cm³/mol. The minimum atomic E-state index is 0.355. The number of ether oxygens (including phenoxy) is 1. The van der Waals surface area contributed by atoms with Crippen LogP contribution in [0.3, 0.4) is 0 Å². The normalized spacial score (nSPS) is 14.6. The highest BCUT2D eigenvalue weighted by atomic mass is 16.5. The molecule has 0 heterocycles. The van der Waals surface area contributed by atoms with Crippen molar-refractivity contribution in [2.45, 2.75) is 41.0 Å². The lowest BCUT2D eigenvalue weighted by Gasteiger charge is -2.32. The largest absolute Gasteiger partial charge is 0.385 e. The second kappa shape index (κ2) is 7.24. The van der Waals surface area contributed by atoms with Crippen molar-refractivity contribution >= 4 is 0 Å². The Hall–Kier alpha value is -0.0800. The van der Waals surface area contributed by atoms with Gasteiger partial charge in [0.05, 0.1) is 0 Å². The van der Waals surface area contributed by atoms with Crippen molar-refractivity contribution in [3.8, 4) is 0 Å². The molecule has 2 heteroatoms. The summed E-state index contributed by atoms with van der Waals surface area (Å²) >= 11 is 0. The van der Waals surface area contributed by atoms with Crippen LogP contribution in [0.2, 0.25) is 0 Å². The highest BCUT2D eigenvalue weighted by Gasteiger charge is 2.24. The Labute approximate surface area is 95.8 Å². The fraction of sp³-hybridized carbons (Fsp3) is 1.00. The zero-order valence-corrected chi connectivity index (χ0v) is 11.4. The van der Waals surface area contributed by atoms with Crippen LogP contribution in [0.25, 0.3) is 0 Å². The van der Waals surface area contributed by atoms with Crippen molar-refractivity contribution in [1.29, 1.82) is 0 Å². The second-order valence-electron chi connectivity index (χ2n) is 5.70. The summed E-state index contributed by atoms with van der Waals surface area (Å²) < 4.78 is 5.13. The Morgan fingerprint density at radius 3 is 2.27 bits per heavy atom. The Bertz CT molecular complexity index is 155. The standard InChI is InChI=1S/C13H29NO/c1-11(2)9-14-10-13(4,5)12(3)7-8-15-6/h11-12,14H,7-10H2,1-6H3. The van der Waals surface area contributed by atoms with E-state index in [1.165, 1.54) is 0 Å². The lowest BCUT2D eigenvalue weighted by atomic mass is 9.78. The van der Waals surface area contributed by atoms with E-state index < -0.39 is 0 Å². The fourth-order valence-electron chi connectivity index (χ4n) is 1.54. The van der Waals surface area contributed by atoms with Crippen molar-refractivity contribution in [3.63, 3.8) is 0 Å². The van der Waals surface area contributed by atoms with Crippen molar-refractivity contribution in [2.75, 3.05) is 26.8 Å². The maximum atomic E-state index is 5.13. The molecule has 1 N–H and O–H groups in total. The van der Waals surface area contributed by atoms with E-state index in [0.29, 0.717) is 11.3 Å². The van der Waals surface area contributed by atoms with Gasteiger partial charge in [-0.05, 0) is 30.2 Å². The van der Waals surface area contributed by atoms with Crippen molar-refractivity contribution in [2.24, 2.45) is 17.3 Å². The van der Waals surface area contributed by atoms with E-state index in [2.05, 4.69) is 39.9 Å². The van der Waals surface area contributed by atoms with Gasteiger partial charge < -0.3 is 10.1 Å². The van der Waals surface area contributed by atoms with Crippen LogP contribution in [0.5, 0.6) is 0 Å². The molecule has 0 radical (unpaired) electrons. The van der Waals surface area contributed by atoms with Crippen LogP contribution < -0.4 is 5.32 Å². The molecular formula is C13H29NO. The zero-order chi connectivity index (χ0) is 11.9. The maximum absolute atomic E-state index is 5.13. The molecule has 0 aliphatic rings. The van der Waals surface area contributed by atoms with Crippen LogP contribution in [0.15, 0.2) is 0 Å². The Kier molecular flexibility index (Phi) is 7.20. The minimum Gasteiger partial charge on any atom is -0.385 e. The summed E-state index contributed by atoms with van der Waals surface area (Å²) in [5.41, 5.74) is 0.355. The molecule has 15 heavy (non-hydrogen) atoms. The van der Waals surface area contributed by atoms with E-state index in [-0.39, 0.29) is 0 Å². The van der Waals surface area contributed by atoms with E-state index in [4.69, 9.17) is 4.74 Å². The van der Waals surface area contributed by atoms with Gasteiger partial charge in [-0.2, -0.15) is 0 Å². The molecule has 0 amide bonds. The first kappa shape index (κ1) is 14.9. The van der Waals surface area contributed by atoms with Gasteiger partial charge in [0.25, 0.3) is 0 Å². The van der Waals surface area contributed by atoms with Crippen LogP contribution >= 0.6 is 0 Å². The maximum Gasteiger partial charge on any atom is 0.0465 e. The zero-order valence-electron chi connectivity index (χ0n) is 11.4. The second-order valence-corrected chi connectivity index (χ2v) is 5.70. The minimum absolute atomic E-state index is 0.355. The monoisotopic (exact) mass is 215 g/mol. The molecule has 0 aromatic carbocycles. The molecule has 0 bridgehead atoms. The van der Waals surface area contributed by atoms with Crippen LogP contribution in [0.4, 0.5) is 0 Å². The van der Waals surface area contributed by atoms with Crippen molar-refractivity contribution in [3.05, 3.63) is 0 Å². The average molecular weight is 215 g/mol. The van der Waals surface area contributed by atoms with E-state index >= 15 is 0 Å². The topological polar surface area (TPSA) is 21.3 Å². The summed E-state index contributed by atoms with van der Waals surface area (Å²) in [6.45, 7) is 14.5. The molecule has 0 saturated heterocycles. The third-order valence-corrected chi connectivity index (χ3v) is 3.22. The molecular weight excluding hydrogens is 186 g/mol. The van der Waals surface area contributed by atoms with Gasteiger partial charge >= 0.3 is 0 Å². The summed E-state index contributed by atoms with van der Waals surface area (Å²) in [7, 11) is 1.77. The van der Waals surface area contributed by atoms with Gasteiger partial charge in [0.15, 0.2) is 0 Å². The quantitative estimate of drug-likeness (QED) is 0.672. The molecule has 1 atom stereocenters. The lowest BCUT2D eigenvalue weighted by Crippen LogP contribution is -2.36. The summed E-state index contributed by atoms with van der Waals surface area (Å²) in [6, 6.07) is 0. The Morgan fingerprint density at radius 2 is 1.80 bits per heavy atom. The van der Waals surface area contributed by atoms with Gasteiger partial charge in [-0.1, -0.05) is 34.6 Å². The van der Waals surface area contributed by atoms with E-state index in [1.807, 2.05) is 0 Å². The predicted octanol–water partition coefficient (Wildman–Crippen LogP) is 2.93. The number of hydrogen-bond donors (Lipinski definition) is 1. The van der Waals surface area contributed by atoms with E-state index in [1.54, 1.807) is 7.11 Å².